The van der Waals surface area contributed by atoms with Gasteiger partial charge in [0.1, 0.15) is 5.75 Å². The van der Waals surface area contributed by atoms with E-state index in [9.17, 15) is 9.59 Å². The number of carbonyl (C=O) groups excluding carboxylic acids is 2. The first-order chi connectivity index (χ1) is 16.0. The van der Waals surface area contributed by atoms with Gasteiger partial charge in [-0.25, -0.2) is 0 Å². The van der Waals surface area contributed by atoms with Gasteiger partial charge in [-0.15, -0.1) is 0 Å². The number of piperidine rings is 2. The minimum absolute atomic E-state index is 0.0825. The molecule has 2 aromatic carbocycles. The molecule has 6 nitrogen and oxygen atoms in total. The van der Waals surface area contributed by atoms with E-state index in [1.807, 2.05) is 77.3 Å². The number of ether oxygens (including phenoxy) is 1. The van der Waals surface area contributed by atoms with Crippen molar-refractivity contribution in [1.29, 1.82) is 0 Å². The molecule has 176 valence electrons. The summed E-state index contributed by atoms with van der Waals surface area (Å²) in [7, 11) is 3.98. The van der Waals surface area contributed by atoms with Crippen LogP contribution < -0.4 is 9.64 Å². The van der Waals surface area contributed by atoms with Gasteiger partial charge in [-0.3, -0.25) is 9.59 Å². The summed E-state index contributed by atoms with van der Waals surface area (Å²) in [6.45, 7) is 3.71. The highest BCUT2D eigenvalue weighted by atomic mass is 16.5. The molecule has 0 spiro atoms. The Morgan fingerprint density at radius 3 is 2.30 bits per heavy atom. The van der Waals surface area contributed by atoms with Gasteiger partial charge in [0, 0.05) is 63.0 Å². The van der Waals surface area contributed by atoms with E-state index in [1.165, 1.54) is 6.42 Å². The number of anilines is 1. The lowest BCUT2D eigenvalue weighted by Crippen LogP contribution is -2.41. The van der Waals surface area contributed by atoms with Gasteiger partial charge in [-0.1, -0.05) is 6.07 Å². The summed E-state index contributed by atoms with van der Waals surface area (Å²) in [5.74, 6) is 1.18. The van der Waals surface area contributed by atoms with Crippen molar-refractivity contribution in [2.24, 2.45) is 5.92 Å². The first-order valence-corrected chi connectivity index (χ1v) is 12.1. The third-order valence-electron chi connectivity index (χ3n) is 6.65. The van der Waals surface area contributed by atoms with Crippen molar-refractivity contribution >= 4 is 17.5 Å². The molecular formula is C27H35N3O3. The van der Waals surface area contributed by atoms with Crippen LogP contribution in [0, 0.1) is 5.92 Å². The van der Waals surface area contributed by atoms with Crippen LogP contribution in [0.2, 0.25) is 0 Å². The molecule has 2 heterocycles. The van der Waals surface area contributed by atoms with Crippen LogP contribution in [0.1, 0.15) is 52.8 Å². The van der Waals surface area contributed by atoms with Crippen molar-refractivity contribution in [2.75, 3.05) is 51.8 Å². The second-order valence-corrected chi connectivity index (χ2v) is 9.39. The van der Waals surface area contributed by atoms with E-state index in [4.69, 9.17) is 4.74 Å². The molecule has 0 bridgehead atoms. The third kappa shape index (κ3) is 5.86. The van der Waals surface area contributed by atoms with Gasteiger partial charge >= 0.3 is 0 Å². The van der Waals surface area contributed by atoms with Crippen molar-refractivity contribution in [3.8, 4) is 5.75 Å². The molecule has 2 aliphatic rings. The Morgan fingerprint density at radius 2 is 1.58 bits per heavy atom. The maximum absolute atomic E-state index is 13.0. The summed E-state index contributed by atoms with van der Waals surface area (Å²) in [5.41, 5.74) is 2.50. The summed E-state index contributed by atoms with van der Waals surface area (Å²) in [6, 6.07) is 15.3. The Labute approximate surface area is 197 Å². The summed E-state index contributed by atoms with van der Waals surface area (Å²) in [5, 5.41) is 0. The number of carbonyl (C=O) groups is 2. The number of hydrogen-bond donors (Lipinski definition) is 0. The molecule has 2 amide bonds. The van der Waals surface area contributed by atoms with Crippen molar-refractivity contribution < 1.29 is 14.3 Å². The minimum atomic E-state index is 0.0825. The monoisotopic (exact) mass is 449 g/mol. The molecule has 0 aromatic heterocycles. The molecule has 0 aliphatic carbocycles. The average molecular weight is 450 g/mol. The highest BCUT2D eigenvalue weighted by molar-refractivity contribution is 5.95. The number of amides is 2. The van der Waals surface area contributed by atoms with Gasteiger partial charge in [-0.05, 0) is 74.6 Å². The first-order valence-electron chi connectivity index (χ1n) is 12.1. The molecule has 2 aliphatic heterocycles. The molecule has 0 saturated carbocycles. The average Bonchev–Trinajstić information content (AvgIpc) is 2.87. The largest absolute Gasteiger partial charge is 0.493 e. The van der Waals surface area contributed by atoms with E-state index < -0.39 is 0 Å². The molecule has 2 aromatic rings. The SMILES string of the molecule is CN(C)c1ccc(C(=O)N2CCCC(COc3cccc(C(=O)N4CCCCC4)c3)C2)cc1. The van der Waals surface area contributed by atoms with Crippen LogP contribution in [-0.4, -0.2) is 68.5 Å². The van der Waals surface area contributed by atoms with Crippen molar-refractivity contribution in [3.05, 3.63) is 59.7 Å². The van der Waals surface area contributed by atoms with E-state index in [0.717, 1.165) is 62.3 Å². The Balaban J connectivity index is 1.32. The van der Waals surface area contributed by atoms with Crippen LogP contribution in [0.3, 0.4) is 0 Å². The zero-order chi connectivity index (χ0) is 23.2. The first kappa shape index (κ1) is 23.1. The highest BCUT2D eigenvalue weighted by Gasteiger charge is 2.25. The summed E-state index contributed by atoms with van der Waals surface area (Å²) in [4.78, 5) is 31.7. The Morgan fingerprint density at radius 1 is 0.879 bits per heavy atom. The second-order valence-electron chi connectivity index (χ2n) is 9.39. The smallest absolute Gasteiger partial charge is 0.253 e. The normalized spacial score (nSPS) is 18.7. The molecule has 4 rings (SSSR count). The van der Waals surface area contributed by atoms with Crippen molar-refractivity contribution in [2.45, 2.75) is 32.1 Å². The van der Waals surface area contributed by atoms with Crippen LogP contribution >= 0.6 is 0 Å². The van der Waals surface area contributed by atoms with E-state index in [1.54, 1.807) is 0 Å². The fraction of sp³-hybridized carbons (Fsp3) is 0.481. The maximum atomic E-state index is 13.0. The van der Waals surface area contributed by atoms with E-state index in [-0.39, 0.29) is 17.7 Å². The second kappa shape index (κ2) is 10.7. The Hall–Kier alpha value is -3.02. The molecule has 2 saturated heterocycles. The van der Waals surface area contributed by atoms with Gasteiger partial charge in [0.25, 0.3) is 11.8 Å². The molecule has 6 heteroatoms. The van der Waals surface area contributed by atoms with Crippen molar-refractivity contribution in [3.63, 3.8) is 0 Å². The zero-order valence-corrected chi connectivity index (χ0v) is 19.8. The fourth-order valence-corrected chi connectivity index (χ4v) is 4.68. The topological polar surface area (TPSA) is 53.1 Å². The van der Waals surface area contributed by atoms with E-state index in [2.05, 4.69) is 0 Å². The molecule has 1 unspecified atom stereocenters. The number of benzene rings is 2. The fourth-order valence-electron chi connectivity index (χ4n) is 4.68. The van der Waals surface area contributed by atoms with Gasteiger partial charge < -0.3 is 19.4 Å². The number of rotatable bonds is 6. The predicted molar refractivity (Wildman–Crippen MR) is 131 cm³/mol. The van der Waals surface area contributed by atoms with Crippen LogP contribution in [-0.2, 0) is 0 Å². The van der Waals surface area contributed by atoms with Crippen molar-refractivity contribution in [1.82, 2.24) is 9.80 Å². The van der Waals surface area contributed by atoms with Crippen LogP contribution in [0.5, 0.6) is 5.75 Å². The van der Waals surface area contributed by atoms with E-state index in [0.29, 0.717) is 18.7 Å². The number of nitrogens with zero attached hydrogens (tertiary/aromatic N) is 3. The van der Waals surface area contributed by atoms with Crippen LogP contribution in [0.4, 0.5) is 5.69 Å². The maximum Gasteiger partial charge on any atom is 0.253 e. The van der Waals surface area contributed by atoms with E-state index >= 15 is 0 Å². The molecule has 1 atom stereocenters. The molecule has 0 N–H and O–H groups in total. The predicted octanol–water partition coefficient (Wildman–Crippen LogP) is 4.31. The lowest BCUT2D eigenvalue weighted by Gasteiger charge is -2.33. The Bertz CT molecular complexity index is 951. The molecular weight excluding hydrogens is 414 g/mol. The summed E-state index contributed by atoms with van der Waals surface area (Å²) >= 11 is 0. The zero-order valence-electron chi connectivity index (χ0n) is 19.8. The van der Waals surface area contributed by atoms with Gasteiger partial charge in [-0.2, -0.15) is 0 Å². The Kier molecular flexibility index (Phi) is 7.53. The molecule has 2 fully saturated rings. The van der Waals surface area contributed by atoms with Gasteiger partial charge in [0.15, 0.2) is 0 Å². The minimum Gasteiger partial charge on any atom is -0.493 e. The third-order valence-corrected chi connectivity index (χ3v) is 6.65. The van der Waals surface area contributed by atoms with Gasteiger partial charge in [0.05, 0.1) is 6.61 Å². The lowest BCUT2D eigenvalue weighted by atomic mass is 9.98. The summed E-state index contributed by atoms with van der Waals surface area (Å²) < 4.78 is 6.09. The standard InChI is InChI=1S/C27H35N3O3/c1-28(2)24-13-11-22(12-14-24)26(31)30-17-7-8-21(19-30)20-33-25-10-6-9-23(18-25)27(32)29-15-4-3-5-16-29/h6,9-14,18,21H,3-5,7-8,15-17,19-20H2,1-2H3. The highest BCUT2D eigenvalue weighted by Crippen LogP contribution is 2.23. The summed E-state index contributed by atoms with van der Waals surface area (Å²) in [6.07, 6.45) is 5.38. The van der Waals surface area contributed by atoms with Crippen LogP contribution in [0.15, 0.2) is 48.5 Å². The van der Waals surface area contributed by atoms with Crippen LogP contribution in [0.25, 0.3) is 0 Å². The quantitative estimate of drug-likeness (QED) is 0.660. The molecule has 33 heavy (non-hydrogen) atoms. The molecule has 0 radical (unpaired) electrons. The number of likely N-dealkylation sites (tertiary alicyclic amines) is 2. The number of hydrogen-bond acceptors (Lipinski definition) is 4. The lowest BCUT2D eigenvalue weighted by molar-refractivity contribution is 0.0631. The van der Waals surface area contributed by atoms with Gasteiger partial charge in [0.2, 0.25) is 0 Å².